The molecule has 1 fully saturated rings. The third-order valence-electron chi connectivity index (χ3n) is 2.81. The van der Waals surface area contributed by atoms with Crippen molar-refractivity contribution in [3.63, 3.8) is 0 Å². The van der Waals surface area contributed by atoms with Crippen LogP contribution in [0.3, 0.4) is 0 Å². The number of nitrogens with one attached hydrogen (secondary N) is 1. The molecule has 1 heterocycles. The minimum absolute atomic E-state index is 0.111. The van der Waals surface area contributed by atoms with Gasteiger partial charge in [-0.3, -0.25) is 4.79 Å². The lowest BCUT2D eigenvalue weighted by atomic mass is 10.2. The van der Waals surface area contributed by atoms with Crippen molar-refractivity contribution in [2.24, 2.45) is 4.99 Å². The second kappa shape index (κ2) is 6.28. The maximum Gasteiger partial charge on any atom is 0.264 e. The Hall–Kier alpha value is -1.85. The Balaban J connectivity index is 1.81. The summed E-state index contributed by atoms with van der Waals surface area (Å²) in [5.41, 5.74) is 1.81. The summed E-state index contributed by atoms with van der Waals surface area (Å²) in [7, 11) is 0. The average Bonchev–Trinajstić information content (AvgIpc) is 2.82. The van der Waals surface area contributed by atoms with E-state index in [2.05, 4.69) is 26.2 Å². The van der Waals surface area contributed by atoms with Crippen LogP contribution < -0.4 is 5.32 Å². The van der Waals surface area contributed by atoms with Gasteiger partial charge >= 0.3 is 0 Å². The van der Waals surface area contributed by atoms with Crippen molar-refractivity contribution in [1.29, 1.82) is 0 Å². The molecule has 0 radical (unpaired) electrons. The Labute approximate surface area is 135 Å². The number of amides is 1. The van der Waals surface area contributed by atoms with Gasteiger partial charge in [0.1, 0.15) is 0 Å². The molecule has 3 nitrogen and oxygen atoms in total. The number of halogens is 1. The number of amidine groups is 1. The predicted molar refractivity (Wildman–Crippen MR) is 91.4 cm³/mol. The highest BCUT2D eigenvalue weighted by Crippen LogP contribution is 2.28. The molecule has 104 valence electrons. The van der Waals surface area contributed by atoms with E-state index in [1.165, 1.54) is 11.8 Å². The number of carbonyl (C=O) groups excluding carboxylic acids is 1. The second-order valence-electron chi connectivity index (χ2n) is 4.37. The smallest absolute Gasteiger partial charge is 0.264 e. The molecule has 0 unspecified atom stereocenters. The van der Waals surface area contributed by atoms with Crippen LogP contribution in [0.15, 0.2) is 69.0 Å². The van der Waals surface area contributed by atoms with Crippen LogP contribution in [0, 0.1) is 0 Å². The van der Waals surface area contributed by atoms with Gasteiger partial charge in [0.25, 0.3) is 5.91 Å². The summed E-state index contributed by atoms with van der Waals surface area (Å²) in [6.45, 7) is 0. The number of carbonyl (C=O) groups is 1. The molecule has 0 saturated carbocycles. The van der Waals surface area contributed by atoms with Gasteiger partial charge in [-0.1, -0.05) is 46.3 Å². The summed E-state index contributed by atoms with van der Waals surface area (Å²) in [6.07, 6.45) is 1.87. The van der Waals surface area contributed by atoms with Gasteiger partial charge in [0.15, 0.2) is 5.17 Å². The minimum atomic E-state index is -0.111. The second-order valence-corrected chi connectivity index (χ2v) is 6.32. The normalized spacial score (nSPS) is 18.2. The van der Waals surface area contributed by atoms with Crippen LogP contribution in [-0.2, 0) is 4.79 Å². The third kappa shape index (κ3) is 3.62. The van der Waals surface area contributed by atoms with E-state index < -0.39 is 0 Å². The van der Waals surface area contributed by atoms with Gasteiger partial charge in [-0.05, 0) is 47.7 Å². The third-order valence-corrected chi connectivity index (χ3v) is 4.24. The number of hydrogen-bond donors (Lipinski definition) is 1. The lowest BCUT2D eigenvalue weighted by Crippen LogP contribution is -2.19. The summed E-state index contributed by atoms with van der Waals surface area (Å²) in [4.78, 5) is 17.0. The number of aliphatic imine (C=N–C) groups is 1. The Morgan fingerprint density at radius 2 is 1.76 bits per heavy atom. The molecule has 0 atom stereocenters. The molecule has 0 bridgehead atoms. The van der Waals surface area contributed by atoms with E-state index in [0.717, 1.165) is 15.7 Å². The van der Waals surface area contributed by atoms with Gasteiger partial charge < -0.3 is 5.32 Å². The Bertz CT molecular complexity index is 724. The predicted octanol–water partition coefficient (Wildman–Crippen LogP) is 4.34. The van der Waals surface area contributed by atoms with Crippen LogP contribution in [0.2, 0.25) is 0 Å². The van der Waals surface area contributed by atoms with Gasteiger partial charge in [0.05, 0.1) is 10.6 Å². The van der Waals surface area contributed by atoms with Crippen molar-refractivity contribution in [3.8, 4) is 0 Å². The van der Waals surface area contributed by atoms with Crippen molar-refractivity contribution in [1.82, 2.24) is 5.32 Å². The Morgan fingerprint density at radius 1 is 1.05 bits per heavy atom. The quantitative estimate of drug-likeness (QED) is 0.811. The van der Waals surface area contributed by atoms with E-state index in [0.29, 0.717) is 10.1 Å². The fourth-order valence-corrected chi connectivity index (χ4v) is 2.92. The molecule has 2 aromatic carbocycles. The molecule has 1 aliphatic rings. The summed E-state index contributed by atoms with van der Waals surface area (Å²) in [5.74, 6) is -0.111. The van der Waals surface area contributed by atoms with Gasteiger partial charge in [-0.25, -0.2) is 4.99 Å². The molecule has 1 aliphatic heterocycles. The monoisotopic (exact) mass is 358 g/mol. The largest absolute Gasteiger partial charge is 0.300 e. The van der Waals surface area contributed by atoms with Crippen LogP contribution >= 0.6 is 27.7 Å². The number of hydrogen-bond acceptors (Lipinski definition) is 3. The molecule has 0 spiro atoms. The summed E-state index contributed by atoms with van der Waals surface area (Å²) >= 11 is 4.73. The van der Waals surface area contributed by atoms with Gasteiger partial charge in [0, 0.05) is 4.47 Å². The Kier molecular flexibility index (Phi) is 4.22. The lowest BCUT2D eigenvalue weighted by molar-refractivity contribution is -0.115. The zero-order valence-corrected chi connectivity index (χ0v) is 13.3. The van der Waals surface area contributed by atoms with Gasteiger partial charge in [-0.15, -0.1) is 0 Å². The van der Waals surface area contributed by atoms with E-state index in [4.69, 9.17) is 0 Å². The topological polar surface area (TPSA) is 41.5 Å². The van der Waals surface area contributed by atoms with Crippen LogP contribution in [0.1, 0.15) is 5.56 Å². The highest BCUT2D eigenvalue weighted by Gasteiger charge is 2.23. The average molecular weight is 359 g/mol. The molecular formula is C16H11BrN2OS. The lowest BCUT2D eigenvalue weighted by Gasteiger charge is -1.96. The van der Waals surface area contributed by atoms with E-state index >= 15 is 0 Å². The van der Waals surface area contributed by atoms with E-state index in [1.54, 1.807) is 0 Å². The zero-order chi connectivity index (χ0) is 14.7. The fourth-order valence-electron chi connectivity index (χ4n) is 1.81. The number of benzene rings is 2. The van der Waals surface area contributed by atoms with Crippen LogP contribution in [-0.4, -0.2) is 11.1 Å². The standard InChI is InChI=1S/C16H11BrN2OS/c17-12-6-8-13(9-7-12)18-16-19-15(20)14(21-16)10-11-4-2-1-3-5-11/h1-10H,(H,18,19,20). The van der Waals surface area contributed by atoms with Gasteiger partial charge in [0.2, 0.25) is 0 Å². The zero-order valence-electron chi connectivity index (χ0n) is 10.9. The first-order valence-electron chi connectivity index (χ1n) is 6.31. The number of rotatable bonds is 2. The van der Waals surface area contributed by atoms with Crippen LogP contribution in [0.25, 0.3) is 6.08 Å². The first kappa shape index (κ1) is 14.1. The van der Waals surface area contributed by atoms with Crippen molar-refractivity contribution in [3.05, 3.63) is 69.5 Å². The van der Waals surface area contributed by atoms with E-state index in [-0.39, 0.29) is 5.91 Å². The fraction of sp³-hybridized carbons (Fsp3) is 0. The molecule has 5 heteroatoms. The molecule has 3 rings (SSSR count). The first-order valence-corrected chi connectivity index (χ1v) is 7.92. The molecule has 1 amide bonds. The molecule has 0 aromatic heterocycles. The maximum atomic E-state index is 11.9. The Morgan fingerprint density at radius 3 is 2.48 bits per heavy atom. The molecular weight excluding hydrogens is 348 g/mol. The van der Waals surface area contributed by atoms with Crippen molar-refractivity contribution >= 4 is 50.5 Å². The van der Waals surface area contributed by atoms with E-state index in [1.807, 2.05) is 60.7 Å². The summed E-state index contributed by atoms with van der Waals surface area (Å²) in [6, 6.07) is 17.4. The molecule has 1 saturated heterocycles. The van der Waals surface area contributed by atoms with Gasteiger partial charge in [-0.2, -0.15) is 0 Å². The van der Waals surface area contributed by atoms with Crippen LogP contribution in [0.5, 0.6) is 0 Å². The maximum absolute atomic E-state index is 11.9. The SMILES string of the molecule is O=C1NC(=Nc2ccc(Br)cc2)SC1=Cc1ccccc1. The summed E-state index contributed by atoms with van der Waals surface area (Å²) in [5, 5.41) is 3.38. The van der Waals surface area contributed by atoms with Crippen molar-refractivity contribution in [2.75, 3.05) is 0 Å². The van der Waals surface area contributed by atoms with Crippen LogP contribution in [0.4, 0.5) is 5.69 Å². The van der Waals surface area contributed by atoms with E-state index in [9.17, 15) is 4.79 Å². The highest BCUT2D eigenvalue weighted by molar-refractivity contribution is 9.10. The highest BCUT2D eigenvalue weighted by atomic mass is 79.9. The number of thioether (sulfide) groups is 1. The molecule has 2 aromatic rings. The molecule has 1 N–H and O–H groups in total. The van der Waals surface area contributed by atoms with Crippen molar-refractivity contribution in [2.45, 2.75) is 0 Å². The minimum Gasteiger partial charge on any atom is -0.300 e. The molecule has 21 heavy (non-hydrogen) atoms. The van der Waals surface area contributed by atoms with Crippen molar-refractivity contribution < 1.29 is 4.79 Å². The number of nitrogens with zero attached hydrogens (tertiary/aromatic N) is 1. The first-order chi connectivity index (χ1) is 10.2. The molecule has 0 aliphatic carbocycles. The summed E-state index contributed by atoms with van der Waals surface area (Å²) < 4.78 is 0.999.